The van der Waals surface area contributed by atoms with Crippen molar-refractivity contribution in [3.63, 3.8) is 0 Å². The van der Waals surface area contributed by atoms with Crippen molar-refractivity contribution in [2.45, 2.75) is 51.8 Å². The van der Waals surface area contributed by atoms with Gasteiger partial charge >= 0.3 is 0 Å². The first-order valence-corrected chi connectivity index (χ1v) is 7.82. The molecule has 1 amide bonds. The van der Waals surface area contributed by atoms with E-state index in [0.717, 1.165) is 30.5 Å². The van der Waals surface area contributed by atoms with E-state index >= 15 is 0 Å². The Morgan fingerprint density at radius 2 is 2.23 bits per heavy atom. The molecule has 6 heteroatoms. The highest BCUT2D eigenvalue weighted by atomic mass is 16.5. The number of amides is 1. The third-order valence-electron chi connectivity index (χ3n) is 4.07. The van der Waals surface area contributed by atoms with Gasteiger partial charge in [-0.25, -0.2) is 9.67 Å². The maximum atomic E-state index is 12.4. The minimum absolute atomic E-state index is 0.00378. The Bertz CT molecular complexity index is 674. The highest BCUT2D eigenvalue weighted by Crippen LogP contribution is 2.18. The Kier molecular flexibility index (Phi) is 4.11. The number of hydrogen-bond donors (Lipinski definition) is 1. The van der Waals surface area contributed by atoms with Crippen LogP contribution >= 0.6 is 0 Å². The van der Waals surface area contributed by atoms with Crippen LogP contribution in [0.4, 0.5) is 0 Å². The number of carbonyl (C=O) groups is 1. The number of aromatic nitrogens is 3. The van der Waals surface area contributed by atoms with Crippen molar-refractivity contribution in [3.05, 3.63) is 24.0 Å². The van der Waals surface area contributed by atoms with Crippen LogP contribution < -0.4 is 5.32 Å². The van der Waals surface area contributed by atoms with Gasteiger partial charge in [0.25, 0.3) is 5.91 Å². The molecule has 22 heavy (non-hydrogen) atoms. The van der Waals surface area contributed by atoms with Gasteiger partial charge in [-0.15, -0.1) is 0 Å². The summed E-state index contributed by atoms with van der Waals surface area (Å²) < 4.78 is 7.46. The predicted octanol–water partition coefficient (Wildman–Crippen LogP) is 2.31. The van der Waals surface area contributed by atoms with Crippen molar-refractivity contribution >= 4 is 16.9 Å². The lowest BCUT2D eigenvalue weighted by Crippen LogP contribution is -2.40. The van der Waals surface area contributed by atoms with Gasteiger partial charge in [0.05, 0.1) is 23.9 Å². The summed E-state index contributed by atoms with van der Waals surface area (Å²) in [5, 5.41) is 8.20. The predicted molar refractivity (Wildman–Crippen MR) is 83.8 cm³/mol. The summed E-state index contributed by atoms with van der Waals surface area (Å²) in [6, 6.07) is 2.08. The lowest BCUT2D eigenvalue weighted by molar-refractivity contribution is 0.0712. The Labute approximate surface area is 129 Å². The second kappa shape index (κ2) is 6.04. The molecule has 3 rings (SSSR count). The zero-order chi connectivity index (χ0) is 15.7. The fraction of sp³-hybridized carbons (Fsp3) is 0.562. The van der Waals surface area contributed by atoms with E-state index in [4.69, 9.17) is 4.74 Å². The van der Waals surface area contributed by atoms with E-state index in [9.17, 15) is 4.79 Å². The molecule has 1 aliphatic rings. The maximum absolute atomic E-state index is 12.4. The van der Waals surface area contributed by atoms with E-state index in [0.29, 0.717) is 5.56 Å². The molecule has 2 aromatic rings. The molecular formula is C16H22N4O2. The van der Waals surface area contributed by atoms with Crippen molar-refractivity contribution in [2.24, 2.45) is 0 Å². The van der Waals surface area contributed by atoms with Crippen molar-refractivity contribution in [2.75, 3.05) is 6.61 Å². The number of hydrogen-bond acceptors (Lipinski definition) is 4. The standard InChI is InChI=1S/C16H22N4O2/c1-10(2)20-15-12(9-18-20)7-13(8-17-15)16(21)19-11(3)14-5-4-6-22-14/h7-11,14H,4-6H2,1-3H3,(H,19,21). The second-order valence-corrected chi connectivity index (χ2v) is 6.13. The van der Waals surface area contributed by atoms with Crippen LogP contribution in [0.25, 0.3) is 11.0 Å². The first-order valence-electron chi connectivity index (χ1n) is 7.82. The van der Waals surface area contributed by atoms with Crippen LogP contribution in [-0.2, 0) is 4.74 Å². The monoisotopic (exact) mass is 302 g/mol. The zero-order valence-electron chi connectivity index (χ0n) is 13.2. The Morgan fingerprint density at radius 3 is 2.91 bits per heavy atom. The molecular weight excluding hydrogens is 280 g/mol. The van der Waals surface area contributed by atoms with Gasteiger partial charge in [-0.1, -0.05) is 0 Å². The molecule has 2 atom stereocenters. The van der Waals surface area contributed by atoms with Crippen LogP contribution in [0.2, 0.25) is 0 Å². The van der Waals surface area contributed by atoms with Gasteiger partial charge in [-0.05, 0) is 39.7 Å². The fourth-order valence-electron chi connectivity index (χ4n) is 2.82. The average Bonchev–Trinajstić information content (AvgIpc) is 3.15. The first-order chi connectivity index (χ1) is 10.6. The molecule has 0 aliphatic carbocycles. The number of fused-ring (bicyclic) bond motifs is 1. The van der Waals surface area contributed by atoms with Crippen LogP contribution in [-0.4, -0.2) is 39.4 Å². The zero-order valence-corrected chi connectivity index (χ0v) is 13.2. The summed E-state index contributed by atoms with van der Waals surface area (Å²) in [4.78, 5) is 16.8. The van der Waals surface area contributed by atoms with Crippen molar-refractivity contribution in [1.29, 1.82) is 0 Å². The number of pyridine rings is 1. The van der Waals surface area contributed by atoms with Gasteiger partial charge < -0.3 is 10.1 Å². The van der Waals surface area contributed by atoms with Crippen LogP contribution in [0.5, 0.6) is 0 Å². The van der Waals surface area contributed by atoms with Gasteiger partial charge in [0.15, 0.2) is 5.65 Å². The number of nitrogens with one attached hydrogen (secondary N) is 1. The minimum atomic E-state index is -0.116. The smallest absolute Gasteiger partial charge is 0.253 e. The second-order valence-electron chi connectivity index (χ2n) is 6.13. The molecule has 2 unspecified atom stereocenters. The number of ether oxygens (including phenoxy) is 1. The normalized spacial score (nSPS) is 19.7. The molecule has 3 heterocycles. The average molecular weight is 302 g/mol. The van der Waals surface area contributed by atoms with E-state index in [-0.39, 0.29) is 24.1 Å². The summed E-state index contributed by atoms with van der Waals surface area (Å²) in [6.45, 7) is 6.87. The van der Waals surface area contributed by atoms with Crippen LogP contribution in [0.15, 0.2) is 18.5 Å². The van der Waals surface area contributed by atoms with E-state index in [2.05, 4.69) is 29.2 Å². The van der Waals surface area contributed by atoms with Crippen LogP contribution in [0.3, 0.4) is 0 Å². The van der Waals surface area contributed by atoms with Gasteiger partial charge in [0.1, 0.15) is 0 Å². The quantitative estimate of drug-likeness (QED) is 0.941. The molecule has 118 valence electrons. The van der Waals surface area contributed by atoms with Crippen molar-refractivity contribution in [1.82, 2.24) is 20.1 Å². The molecule has 1 N–H and O–H groups in total. The molecule has 0 radical (unpaired) electrons. The molecule has 1 saturated heterocycles. The Balaban J connectivity index is 1.76. The minimum Gasteiger partial charge on any atom is -0.376 e. The summed E-state index contributed by atoms with van der Waals surface area (Å²) in [7, 11) is 0. The van der Waals surface area contributed by atoms with E-state index in [1.165, 1.54) is 0 Å². The van der Waals surface area contributed by atoms with E-state index in [1.807, 2.05) is 17.7 Å². The molecule has 1 fully saturated rings. The molecule has 1 aliphatic heterocycles. The SMILES string of the molecule is CC(NC(=O)c1cnc2c(cnn2C(C)C)c1)C1CCCO1. The Morgan fingerprint density at radius 1 is 1.41 bits per heavy atom. The molecule has 0 saturated carbocycles. The van der Waals surface area contributed by atoms with Gasteiger partial charge in [-0.2, -0.15) is 5.10 Å². The molecule has 0 bridgehead atoms. The van der Waals surface area contributed by atoms with Crippen molar-refractivity contribution < 1.29 is 9.53 Å². The highest BCUT2D eigenvalue weighted by Gasteiger charge is 2.24. The summed E-state index contributed by atoms with van der Waals surface area (Å²) in [5.41, 5.74) is 1.36. The van der Waals surface area contributed by atoms with Gasteiger partial charge in [0.2, 0.25) is 0 Å². The summed E-state index contributed by atoms with van der Waals surface area (Å²) in [6.07, 6.45) is 5.54. The fourth-order valence-corrected chi connectivity index (χ4v) is 2.82. The molecule has 0 aromatic carbocycles. The molecule has 6 nitrogen and oxygen atoms in total. The van der Waals surface area contributed by atoms with E-state index in [1.54, 1.807) is 12.4 Å². The lowest BCUT2D eigenvalue weighted by Gasteiger charge is -2.19. The lowest BCUT2D eigenvalue weighted by atomic mass is 10.1. The van der Waals surface area contributed by atoms with E-state index < -0.39 is 0 Å². The number of nitrogens with zero attached hydrogens (tertiary/aromatic N) is 3. The topological polar surface area (TPSA) is 69.0 Å². The summed E-state index contributed by atoms with van der Waals surface area (Å²) >= 11 is 0. The van der Waals surface area contributed by atoms with Gasteiger partial charge in [0, 0.05) is 24.2 Å². The Hall–Kier alpha value is -1.95. The maximum Gasteiger partial charge on any atom is 0.253 e. The third kappa shape index (κ3) is 2.83. The molecule has 2 aromatic heterocycles. The third-order valence-corrected chi connectivity index (χ3v) is 4.07. The van der Waals surface area contributed by atoms with Crippen LogP contribution in [0.1, 0.15) is 50.0 Å². The highest BCUT2D eigenvalue weighted by molar-refractivity contribution is 5.97. The number of rotatable bonds is 4. The van der Waals surface area contributed by atoms with Gasteiger partial charge in [-0.3, -0.25) is 4.79 Å². The molecule has 0 spiro atoms. The largest absolute Gasteiger partial charge is 0.376 e. The van der Waals surface area contributed by atoms with Crippen molar-refractivity contribution in [3.8, 4) is 0 Å². The first kappa shape index (κ1) is 15.0. The van der Waals surface area contributed by atoms with Crippen LogP contribution in [0, 0.1) is 0 Å². The summed E-state index contributed by atoms with van der Waals surface area (Å²) in [5.74, 6) is -0.116. The number of carbonyl (C=O) groups excluding carboxylic acids is 1.